The number of amides is 1. The molecule has 2 heterocycles. The lowest BCUT2D eigenvalue weighted by Gasteiger charge is -2.32. The van der Waals surface area contributed by atoms with Gasteiger partial charge in [-0.2, -0.15) is 0 Å². The Morgan fingerprint density at radius 3 is 2.41 bits per heavy atom. The quantitative estimate of drug-likeness (QED) is 0.509. The van der Waals surface area contributed by atoms with Crippen LogP contribution < -0.4 is 14.9 Å². The van der Waals surface area contributed by atoms with E-state index < -0.39 is 21.7 Å². The number of nitrogens with one attached hydrogen (secondary N) is 2. The average Bonchev–Trinajstić information content (AvgIpc) is 3.25. The van der Waals surface area contributed by atoms with Crippen LogP contribution in [0.1, 0.15) is 26.4 Å². The average molecular weight is 504 g/mol. The van der Waals surface area contributed by atoms with Gasteiger partial charge in [-0.05, 0) is 73.2 Å². The highest BCUT2D eigenvalue weighted by atomic mass is 32.2. The van der Waals surface area contributed by atoms with E-state index in [0.29, 0.717) is 18.9 Å². The first-order chi connectivity index (χ1) is 16.2. The Balaban J connectivity index is 1.60. The van der Waals surface area contributed by atoms with Crippen LogP contribution in [0, 0.1) is 26.6 Å². The van der Waals surface area contributed by atoms with Crippen molar-refractivity contribution in [2.24, 2.45) is 0 Å². The summed E-state index contributed by atoms with van der Waals surface area (Å²) in [5.41, 5.74) is 4.95. The van der Waals surface area contributed by atoms with E-state index in [-0.39, 0.29) is 15.5 Å². The predicted molar refractivity (Wildman–Crippen MR) is 133 cm³/mol. The van der Waals surface area contributed by atoms with Crippen LogP contribution in [0.5, 0.6) is 0 Å². The van der Waals surface area contributed by atoms with E-state index in [4.69, 9.17) is 4.74 Å². The number of ether oxygens (including phenoxy) is 1. The molecule has 180 valence electrons. The van der Waals surface area contributed by atoms with Crippen molar-refractivity contribution in [2.75, 3.05) is 41.2 Å². The van der Waals surface area contributed by atoms with E-state index in [9.17, 15) is 17.6 Å². The van der Waals surface area contributed by atoms with Crippen LogP contribution in [0.25, 0.3) is 0 Å². The molecule has 0 bridgehead atoms. The number of hydrogen-bond donors (Lipinski definition) is 2. The molecule has 1 aliphatic heterocycles. The Morgan fingerprint density at radius 2 is 1.74 bits per heavy atom. The molecule has 1 aromatic heterocycles. The van der Waals surface area contributed by atoms with Crippen LogP contribution in [0.4, 0.5) is 21.5 Å². The number of morpholine rings is 1. The maximum absolute atomic E-state index is 13.2. The van der Waals surface area contributed by atoms with Crippen molar-refractivity contribution in [3.63, 3.8) is 0 Å². The van der Waals surface area contributed by atoms with Gasteiger partial charge in [0.15, 0.2) is 0 Å². The number of nitrogens with zero attached hydrogens (tertiary/aromatic N) is 1. The molecule has 1 saturated heterocycles. The minimum Gasteiger partial charge on any atom is -0.378 e. The minimum absolute atomic E-state index is 0.0909. The van der Waals surface area contributed by atoms with Crippen LogP contribution >= 0.6 is 11.3 Å². The number of anilines is 3. The predicted octanol–water partition coefficient (Wildman–Crippen LogP) is 4.70. The molecule has 1 fully saturated rings. The van der Waals surface area contributed by atoms with Gasteiger partial charge in [0.1, 0.15) is 10.7 Å². The largest absolute Gasteiger partial charge is 0.378 e. The van der Waals surface area contributed by atoms with Gasteiger partial charge in [-0.15, -0.1) is 11.3 Å². The summed E-state index contributed by atoms with van der Waals surface area (Å²) >= 11 is 1.14. The Hall–Kier alpha value is -2.95. The van der Waals surface area contributed by atoms with E-state index in [1.165, 1.54) is 18.2 Å². The monoisotopic (exact) mass is 503 g/mol. The maximum Gasteiger partial charge on any atom is 0.267 e. The normalized spacial score (nSPS) is 14.2. The molecular weight excluding hydrogens is 477 g/mol. The van der Waals surface area contributed by atoms with Crippen molar-refractivity contribution < 1.29 is 22.3 Å². The fourth-order valence-corrected chi connectivity index (χ4v) is 6.08. The van der Waals surface area contributed by atoms with Gasteiger partial charge in [-0.3, -0.25) is 9.52 Å². The zero-order valence-corrected chi connectivity index (χ0v) is 20.8. The molecule has 0 saturated carbocycles. The van der Waals surface area contributed by atoms with Gasteiger partial charge in [-0.25, -0.2) is 12.8 Å². The molecule has 0 aliphatic carbocycles. The van der Waals surface area contributed by atoms with E-state index >= 15 is 0 Å². The third kappa shape index (κ3) is 4.94. The van der Waals surface area contributed by atoms with Crippen LogP contribution in [0.2, 0.25) is 0 Å². The van der Waals surface area contributed by atoms with Crippen molar-refractivity contribution in [3.05, 3.63) is 69.2 Å². The Morgan fingerprint density at radius 1 is 1.06 bits per heavy atom. The number of benzene rings is 2. The number of rotatable bonds is 6. The molecule has 34 heavy (non-hydrogen) atoms. The zero-order valence-electron chi connectivity index (χ0n) is 19.1. The van der Waals surface area contributed by atoms with Crippen LogP contribution in [-0.2, 0) is 14.8 Å². The molecule has 0 atom stereocenters. The fraction of sp³-hybridized carbons (Fsp3) is 0.292. The third-order valence-electron chi connectivity index (χ3n) is 5.74. The number of halogens is 1. The van der Waals surface area contributed by atoms with E-state index in [0.717, 1.165) is 58.9 Å². The van der Waals surface area contributed by atoms with Crippen molar-refractivity contribution >= 4 is 44.3 Å². The maximum atomic E-state index is 13.2. The highest BCUT2D eigenvalue weighted by molar-refractivity contribution is 7.92. The summed E-state index contributed by atoms with van der Waals surface area (Å²) in [4.78, 5) is 15.6. The van der Waals surface area contributed by atoms with Crippen molar-refractivity contribution in [2.45, 2.75) is 25.7 Å². The van der Waals surface area contributed by atoms with Crippen molar-refractivity contribution in [1.82, 2.24) is 0 Å². The van der Waals surface area contributed by atoms with Gasteiger partial charge < -0.3 is 15.0 Å². The minimum atomic E-state index is -3.98. The molecule has 0 radical (unpaired) electrons. The first-order valence-corrected chi connectivity index (χ1v) is 13.1. The van der Waals surface area contributed by atoms with E-state index in [2.05, 4.69) is 21.9 Å². The highest BCUT2D eigenvalue weighted by Crippen LogP contribution is 2.35. The second-order valence-electron chi connectivity index (χ2n) is 8.14. The molecule has 10 heteroatoms. The van der Waals surface area contributed by atoms with E-state index in [1.807, 2.05) is 19.9 Å². The third-order valence-corrected chi connectivity index (χ3v) is 8.03. The molecule has 1 amide bonds. The van der Waals surface area contributed by atoms with Gasteiger partial charge in [-0.1, -0.05) is 6.07 Å². The van der Waals surface area contributed by atoms with Gasteiger partial charge >= 0.3 is 0 Å². The SMILES string of the molecule is Cc1cc(C)c(N2CCOCC2)c(C)c1NC(=O)c1sccc1NS(=O)(=O)c1ccc(F)cc1. The summed E-state index contributed by atoms with van der Waals surface area (Å²) in [6, 6.07) is 8.08. The Bertz CT molecular complexity index is 1310. The topological polar surface area (TPSA) is 87.7 Å². The highest BCUT2D eigenvalue weighted by Gasteiger charge is 2.23. The molecule has 2 aromatic carbocycles. The molecular formula is C24H26FN3O4S2. The number of carbonyl (C=O) groups excluding carboxylic acids is 1. The summed E-state index contributed by atoms with van der Waals surface area (Å²) in [6.07, 6.45) is 0. The second kappa shape index (κ2) is 9.73. The van der Waals surface area contributed by atoms with Gasteiger partial charge in [0, 0.05) is 24.5 Å². The zero-order chi connectivity index (χ0) is 24.5. The van der Waals surface area contributed by atoms with Crippen molar-refractivity contribution in [1.29, 1.82) is 0 Å². The van der Waals surface area contributed by atoms with Crippen LogP contribution in [0.15, 0.2) is 46.7 Å². The van der Waals surface area contributed by atoms with Crippen LogP contribution in [0.3, 0.4) is 0 Å². The van der Waals surface area contributed by atoms with E-state index in [1.54, 1.807) is 5.38 Å². The summed E-state index contributed by atoms with van der Waals surface area (Å²) in [5.74, 6) is -0.940. The number of thiophene rings is 1. The summed E-state index contributed by atoms with van der Waals surface area (Å²) in [7, 11) is -3.98. The fourth-order valence-electron chi connectivity index (χ4n) is 4.19. The summed E-state index contributed by atoms with van der Waals surface area (Å²) < 4.78 is 46.6. The number of aryl methyl sites for hydroxylation is 2. The summed E-state index contributed by atoms with van der Waals surface area (Å²) in [5, 5.41) is 4.63. The number of carbonyl (C=O) groups is 1. The second-order valence-corrected chi connectivity index (χ2v) is 10.7. The standard InChI is InChI=1S/C24H26FN3O4S2/c1-15-14-16(2)22(28-9-11-32-12-10-28)17(3)21(15)26-24(29)23-20(8-13-33-23)27-34(30,31)19-6-4-18(25)5-7-19/h4-8,13-14,27H,9-12H2,1-3H3,(H,26,29). The van der Waals surface area contributed by atoms with Gasteiger partial charge in [0.2, 0.25) is 0 Å². The molecule has 7 nitrogen and oxygen atoms in total. The smallest absolute Gasteiger partial charge is 0.267 e. The van der Waals surface area contributed by atoms with Crippen LogP contribution in [-0.4, -0.2) is 40.6 Å². The molecule has 0 unspecified atom stereocenters. The number of hydrogen-bond acceptors (Lipinski definition) is 6. The number of sulfonamides is 1. The molecule has 2 N–H and O–H groups in total. The molecule has 3 aromatic rings. The molecule has 1 aliphatic rings. The van der Waals surface area contributed by atoms with Gasteiger partial charge in [0.25, 0.3) is 15.9 Å². The first-order valence-electron chi connectivity index (χ1n) is 10.8. The Kier molecular flexibility index (Phi) is 6.92. The first kappa shape index (κ1) is 24.2. The lowest BCUT2D eigenvalue weighted by atomic mass is 10.0. The molecule has 4 rings (SSSR count). The van der Waals surface area contributed by atoms with Crippen molar-refractivity contribution in [3.8, 4) is 0 Å². The lowest BCUT2D eigenvalue weighted by Crippen LogP contribution is -2.37. The summed E-state index contributed by atoms with van der Waals surface area (Å²) in [6.45, 7) is 8.83. The Labute approximate surface area is 202 Å². The molecule has 0 spiro atoms. The lowest BCUT2D eigenvalue weighted by molar-refractivity contribution is 0.103. The van der Waals surface area contributed by atoms with Gasteiger partial charge in [0.05, 0.1) is 23.8 Å².